The third kappa shape index (κ3) is 5.43. The van der Waals surface area contributed by atoms with Crippen molar-refractivity contribution in [3.8, 4) is 11.5 Å². The zero-order chi connectivity index (χ0) is 20.8. The predicted molar refractivity (Wildman–Crippen MR) is 103 cm³/mol. The zero-order valence-corrected chi connectivity index (χ0v) is 16.0. The van der Waals surface area contributed by atoms with Crippen LogP contribution >= 0.6 is 0 Å². The molecule has 0 fully saturated rings. The molecule has 0 saturated carbocycles. The van der Waals surface area contributed by atoms with E-state index in [-0.39, 0.29) is 30.4 Å². The number of para-hydroxylation sites is 2. The lowest BCUT2D eigenvalue weighted by molar-refractivity contribution is -0.132. The summed E-state index contributed by atoms with van der Waals surface area (Å²) in [7, 11) is 1.64. The number of hydrogen-bond acceptors (Lipinski definition) is 4. The maximum atomic E-state index is 12.6. The first-order chi connectivity index (χ1) is 13.9. The summed E-state index contributed by atoms with van der Waals surface area (Å²) in [5.41, 5.74) is 1.49. The molecule has 0 bridgehead atoms. The molecule has 1 aliphatic rings. The highest BCUT2D eigenvalue weighted by atomic mass is 19.3. The van der Waals surface area contributed by atoms with Gasteiger partial charge in [-0.15, -0.1) is 0 Å². The topological polar surface area (TPSA) is 59.1 Å². The third-order valence-corrected chi connectivity index (χ3v) is 4.58. The summed E-state index contributed by atoms with van der Waals surface area (Å²) in [5, 5.41) is 0. The molecule has 0 saturated heterocycles. The molecule has 0 unspecified atom stereocenters. The van der Waals surface area contributed by atoms with Crippen molar-refractivity contribution in [3.63, 3.8) is 0 Å². The van der Waals surface area contributed by atoms with Crippen LogP contribution in [0.25, 0.3) is 0 Å². The Morgan fingerprint density at radius 1 is 1.14 bits per heavy atom. The van der Waals surface area contributed by atoms with E-state index in [1.54, 1.807) is 24.1 Å². The van der Waals surface area contributed by atoms with Gasteiger partial charge in [-0.1, -0.05) is 24.3 Å². The Morgan fingerprint density at radius 2 is 1.86 bits per heavy atom. The van der Waals surface area contributed by atoms with E-state index in [4.69, 9.17) is 4.74 Å². The number of amides is 2. The molecule has 0 aliphatic carbocycles. The Kier molecular flexibility index (Phi) is 6.64. The van der Waals surface area contributed by atoms with Crippen LogP contribution in [0.1, 0.15) is 18.4 Å². The van der Waals surface area contributed by atoms with Crippen LogP contribution < -0.4 is 14.4 Å². The average Bonchev–Trinajstić information content (AvgIpc) is 2.72. The zero-order valence-electron chi connectivity index (χ0n) is 16.0. The summed E-state index contributed by atoms with van der Waals surface area (Å²) >= 11 is 0. The van der Waals surface area contributed by atoms with Gasteiger partial charge in [0, 0.05) is 26.4 Å². The van der Waals surface area contributed by atoms with Crippen LogP contribution in [0.3, 0.4) is 0 Å². The van der Waals surface area contributed by atoms with E-state index in [9.17, 15) is 18.4 Å². The molecule has 2 amide bonds. The fourth-order valence-corrected chi connectivity index (χ4v) is 3.11. The maximum Gasteiger partial charge on any atom is 0.387 e. The van der Waals surface area contributed by atoms with Crippen LogP contribution in [0, 0.1) is 0 Å². The van der Waals surface area contributed by atoms with Gasteiger partial charge in [-0.05, 0) is 29.8 Å². The van der Waals surface area contributed by atoms with Gasteiger partial charge >= 0.3 is 6.61 Å². The largest absolute Gasteiger partial charge is 0.490 e. The first kappa shape index (κ1) is 20.6. The lowest BCUT2D eigenvalue weighted by Crippen LogP contribution is -2.38. The molecule has 2 aromatic carbocycles. The van der Waals surface area contributed by atoms with Gasteiger partial charge in [0.15, 0.2) is 0 Å². The van der Waals surface area contributed by atoms with Gasteiger partial charge in [0.05, 0.1) is 12.2 Å². The number of fused-ring (bicyclic) bond motifs is 1. The van der Waals surface area contributed by atoms with Gasteiger partial charge in [0.25, 0.3) is 0 Å². The number of hydrogen-bond donors (Lipinski definition) is 0. The van der Waals surface area contributed by atoms with Crippen LogP contribution in [0.4, 0.5) is 14.5 Å². The van der Waals surface area contributed by atoms with Gasteiger partial charge in [-0.3, -0.25) is 9.59 Å². The van der Waals surface area contributed by atoms with Crippen molar-refractivity contribution < 1.29 is 27.8 Å². The molecule has 8 heteroatoms. The standard InChI is InChI=1S/C21H22F2N2O4/c1-24(14-15-6-8-16(9-7-15)29-21(22)23)19(26)10-11-20(27)25-12-13-28-18-5-3-2-4-17(18)25/h2-9,21H,10-14H2,1H3. The normalized spacial score (nSPS) is 12.9. The first-order valence-corrected chi connectivity index (χ1v) is 9.24. The number of halogens is 2. The van der Waals surface area contributed by atoms with Crippen molar-refractivity contribution in [1.29, 1.82) is 0 Å². The van der Waals surface area contributed by atoms with Gasteiger partial charge < -0.3 is 19.3 Å². The van der Waals surface area contributed by atoms with Crippen molar-refractivity contribution in [2.75, 3.05) is 25.1 Å². The molecule has 0 radical (unpaired) electrons. The minimum Gasteiger partial charge on any atom is -0.490 e. The highest BCUT2D eigenvalue weighted by Gasteiger charge is 2.24. The lowest BCUT2D eigenvalue weighted by Gasteiger charge is -2.29. The molecule has 3 rings (SSSR count). The Hall–Kier alpha value is -3.16. The molecule has 6 nitrogen and oxygen atoms in total. The van der Waals surface area contributed by atoms with E-state index < -0.39 is 6.61 Å². The van der Waals surface area contributed by atoms with E-state index in [0.717, 1.165) is 11.3 Å². The molecular formula is C21H22F2N2O4. The number of ether oxygens (including phenoxy) is 2. The summed E-state index contributed by atoms with van der Waals surface area (Å²) < 4.78 is 34.2. The Bertz CT molecular complexity index is 858. The minimum atomic E-state index is -2.87. The smallest absolute Gasteiger partial charge is 0.387 e. The van der Waals surface area contributed by atoms with Gasteiger partial charge in [0.2, 0.25) is 11.8 Å². The molecule has 0 aromatic heterocycles. The summed E-state index contributed by atoms with van der Waals surface area (Å²) in [6.07, 6.45) is 0.181. The predicted octanol–water partition coefficient (Wildman–Crippen LogP) is 3.45. The van der Waals surface area contributed by atoms with E-state index in [1.165, 1.54) is 17.0 Å². The number of nitrogens with zero attached hydrogens (tertiary/aromatic N) is 2. The Labute approximate surface area is 167 Å². The Morgan fingerprint density at radius 3 is 2.59 bits per heavy atom. The lowest BCUT2D eigenvalue weighted by atomic mass is 10.1. The quantitative estimate of drug-likeness (QED) is 0.709. The number of alkyl halides is 2. The summed E-state index contributed by atoms with van der Waals surface area (Å²) in [6.45, 7) is -1.70. The second-order valence-electron chi connectivity index (χ2n) is 6.63. The molecule has 0 atom stereocenters. The van der Waals surface area contributed by atoms with Crippen molar-refractivity contribution >= 4 is 17.5 Å². The number of benzene rings is 2. The van der Waals surface area contributed by atoms with E-state index in [2.05, 4.69) is 4.74 Å². The van der Waals surface area contributed by atoms with Crippen LogP contribution in [0.5, 0.6) is 11.5 Å². The Balaban J connectivity index is 1.51. The minimum absolute atomic E-state index is 0.0640. The van der Waals surface area contributed by atoms with Crippen LogP contribution in [-0.4, -0.2) is 43.5 Å². The van der Waals surface area contributed by atoms with E-state index in [1.807, 2.05) is 24.3 Å². The molecule has 1 heterocycles. The number of carbonyl (C=O) groups is 2. The van der Waals surface area contributed by atoms with Gasteiger partial charge in [-0.2, -0.15) is 8.78 Å². The average molecular weight is 404 g/mol. The van der Waals surface area contributed by atoms with Crippen molar-refractivity contribution in [2.24, 2.45) is 0 Å². The van der Waals surface area contributed by atoms with Crippen molar-refractivity contribution in [1.82, 2.24) is 4.90 Å². The van der Waals surface area contributed by atoms with Crippen LogP contribution in [0.15, 0.2) is 48.5 Å². The van der Waals surface area contributed by atoms with Crippen LogP contribution in [-0.2, 0) is 16.1 Å². The summed E-state index contributed by atoms with van der Waals surface area (Å²) in [6, 6.07) is 13.4. The fourth-order valence-electron chi connectivity index (χ4n) is 3.11. The molecule has 2 aromatic rings. The molecule has 0 N–H and O–H groups in total. The van der Waals surface area contributed by atoms with Gasteiger partial charge in [-0.25, -0.2) is 0 Å². The molecule has 154 valence electrons. The molecule has 0 spiro atoms. The van der Waals surface area contributed by atoms with Crippen molar-refractivity contribution in [3.05, 3.63) is 54.1 Å². The van der Waals surface area contributed by atoms with Crippen molar-refractivity contribution in [2.45, 2.75) is 26.0 Å². The van der Waals surface area contributed by atoms with E-state index >= 15 is 0 Å². The van der Waals surface area contributed by atoms with Crippen LogP contribution in [0.2, 0.25) is 0 Å². The first-order valence-electron chi connectivity index (χ1n) is 9.24. The summed E-state index contributed by atoms with van der Waals surface area (Å²) in [4.78, 5) is 28.1. The highest BCUT2D eigenvalue weighted by molar-refractivity contribution is 5.97. The molecule has 29 heavy (non-hydrogen) atoms. The second-order valence-corrected chi connectivity index (χ2v) is 6.63. The highest BCUT2D eigenvalue weighted by Crippen LogP contribution is 2.31. The van der Waals surface area contributed by atoms with Gasteiger partial charge in [0.1, 0.15) is 18.1 Å². The third-order valence-electron chi connectivity index (χ3n) is 4.58. The molecular weight excluding hydrogens is 382 g/mol. The monoisotopic (exact) mass is 404 g/mol. The fraction of sp³-hybridized carbons (Fsp3) is 0.333. The van der Waals surface area contributed by atoms with E-state index in [0.29, 0.717) is 25.4 Å². The second kappa shape index (κ2) is 9.36. The number of anilines is 1. The SMILES string of the molecule is CN(Cc1ccc(OC(F)F)cc1)C(=O)CCC(=O)N1CCOc2ccccc21. The number of carbonyl (C=O) groups excluding carboxylic acids is 2. The molecule has 1 aliphatic heterocycles. The number of rotatable bonds is 7. The maximum absolute atomic E-state index is 12.6. The summed E-state index contributed by atoms with van der Waals surface area (Å²) in [5.74, 6) is 0.424.